The summed E-state index contributed by atoms with van der Waals surface area (Å²) in [6.45, 7) is 1.91. The Morgan fingerprint density at radius 2 is 2.11 bits per heavy atom. The van der Waals surface area contributed by atoms with Crippen LogP contribution >= 0.6 is 11.3 Å². The van der Waals surface area contributed by atoms with Crippen molar-refractivity contribution >= 4 is 27.7 Å². The van der Waals surface area contributed by atoms with Gasteiger partial charge in [-0.1, -0.05) is 18.2 Å². The van der Waals surface area contributed by atoms with E-state index in [1.807, 2.05) is 30.7 Å². The summed E-state index contributed by atoms with van der Waals surface area (Å²) in [6, 6.07) is 8.18. The molecular weight excluding hydrogens is 244 g/mol. The molecule has 0 aliphatic carbocycles. The van der Waals surface area contributed by atoms with Crippen molar-refractivity contribution in [1.29, 1.82) is 0 Å². The lowest BCUT2D eigenvalue weighted by Gasteiger charge is -1.98. The first kappa shape index (κ1) is 11.2. The maximum Gasteiger partial charge on any atom is 0.168 e. The number of carbonyl (C=O) groups excluding carboxylic acids is 1. The summed E-state index contributed by atoms with van der Waals surface area (Å²) >= 11 is 1.68. The average molecular weight is 256 g/mol. The number of hydrogen-bond acceptors (Lipinski definition) is 3. The molecule has 2 heterocycles. The number of aryl methyl sites for hydroxylation is 1. The predicted molar refractivity (Wildman–Crippen MR) is 74.2 cm³/mol. The van der Waals surface area contributed by atoms with Crippen LogP contribution in [0.5, 0.6) is 0 Å². The van der Waals surface area contributed by atoms with E-state index in [9.17, 15) is 4.79 Å². The summed E-state index contributed by atoms with van der Waals surface area (Å²) in [4.78, 5) is 15.7. The van der Waals surface area contributed by atoms with Gasteiger partial charge in [0.2, 0.25) is 0 Å². The van der Waals surface area contributed by atoms with Gasteiger partial charge in [-0.15, -0.1) is 11.3 Å². The summed E-state index contributed by atoms with van der Waals surface area (Å²) in [6.07, 6.45) is 0.877. The van der Waals surface area contributed by atoms with Crippen LogP contribution in [0, 0.1) is 6.92 Å². The molecule has 0 aliphatic rings. The fraction of sp³-hybridized carbons (Fsp3) is 0.143. The quantitative estimate of drug-likeness (QED) is 0.658. The lowest BCUT2D eigenvalue weighted by molar-refractivity contribution is 0.111. The Labute approximate surface area is 109 Å². The molecule has 3 aromatic rings. The highest BCUT2D eigenvalue weighted by Gasteiger charge is 2.16. The van der Waals surface area contributed by atoms with Crippen LogP contribution in [0.2, 0.25) is 0 Å². The molecule has 0 unspecified atom stereocenters. The topological polar surface area (TPSA) is 34.9 Å². The van der Waals surface area contributed by atoms with E-state index in [4.69, 9.17) is 0 Å². The van der Waals surface area contributed by atoms with Crippen LogP contribution in [0.25, 0.3) is 21.3 Å². The first-order valence-corrected chi connectivity index (χ1v) is 6.55. The second-order valence-corrected chi connectivity index (χ2v) is 5.13. The second-order valence-electron chi connectivity index (χ2n) is 4.22. The van der Waals surface area contributed by atoms with Crippen molar-refractivity contribution in [2.24, 2.45) is 7.05 Å². The van der Waals surface area contributed by atoms with E-state index in [1.54, 1.807) is 11.3 Å². The first-order valence-electron chi connectivity index (χ1n) is 5.67. The Kier molecular flexibility index (Phi) is 2.52. The number of hydrogen-bond donors (Lipinski definition) is 0. The number of benzene rings is 1. The van der Waals surface area contributed by atoms with Gasteiger partial charge in [-0.3, -0.25) is 4.79 Å². The van der Waals surface area contributed by atoms with E-state index < -0.39 is 0 Å². The Hall–Kier alpha value is -1.94. The molecular formula is C14H12N2OS. The van der Waals surface area contributed by atoms with E-state index in [-0.39, 0.29) is 0 Å². The van der Waals surface area contributed by atoms with Gasteiger partial charge in [0.05, 0.1) is 0 Å². The number of imidazole rings is 1. The Morgan fingerprint density at radius 3 is 2.89 bits per heavy atom. The van der Waals surface area contributed by atoms with E-state index in [0.29, 0.717) is 5.69 Å². The second kappa shape index (κ2) is 4.07. The third-order valence-electron chi connectivity index (χ3n) is 3.21. The lowest BCUT2D eigenvalue weighted by Crippen LogP contribution is -1.97. The van der Waals surface area contributed by atoms with Crippen molar-refractivity contribution in [3.8, 4) is 11.3 Å². The Bertz CT molecular complexity index is 739. The number of nitrogens with zero attached hydrogens (tertiary/aromatic N) is 2. The van der Waals surface area contributed by atoms with Crippen LogP contribution in [0.3, 0.4) is 0 Å². The van der Waals surface area contributed by atoms with Gasteiger partial charge in [0.15, 0.2) is 6.29 Å². The molecule has 2 aromatic heterocycles. The van der Waals surface area contributed by atoms with Crippen molar-refractivity contribution in [2.75, 3.05) is 0 Å². The van der Waals surface area contributed by atoms with Crippen molar-refractivity contribution < 1.29 is 4.79 Å². The molecule has 0 aliphatic heterocycles. The van der Waals surface area contributed by atoms with Gasteiger partial charge < -0.3 is 4.57 Å². The Morgan fingerprint density at radius 1 is 1.33 bits per heavy atom. The van der Waals surface area contributed by atoms with Gasteiger partial charge >= 0.3 is 0 Å². The summed E-state index contributed by atoms with van der Waals surface area (Å²) in [5.74, 6) is 0.849. The highest BCUT2D eigenvalue weighted by Crippen LogP contribution is 2.34. The zero-order valence-electron chi connectivity index (χ0n) is 10.2. The predicted octanol–water partition coefficient (Wildman–Crippen LogP) is 3.42. The number of carbonyl (C=O) groups is 1. The van der Waals surface area contributed by atoms with Gasteiger partial charge in [-0.25, -0.2) is 4.98 Å². The standard InChI is InChI=1S/C14H12N2OS/c1-9-15-14(12(7-17)16(9)2)11-8-18-13-6-4-3-5-10(11)13/h3-8H,1-2H3. The fourth-order valence-corrected chi connectivity index (χ4v) is 3.07. The van der Waals surface area contributed by atoms with Crippen LogP contribution in [0.1, 0.15) is 16.3 Å². The molecule has 3 rings (SSSR count). The molecule has 0 N–H and O–H groups in total. The molecule has 0 fully saturated rings. The third-order valence-corrected chi connectivity index (χ3v) is 4.17. The molecule has 0 radical (unpaired) electrons. The number of rotatable bonds is 2. The van der Waals surface area contributed by atoms with Crippen LogP contribution in [-0.2, 0) is 7.05 Å². The molecule has 90 valence electrons. The summed E-state index contributed by atoms with van der Waals surface area (Å²) < 4.78 is 3.04. The van der Waals surface area contributed by atoms with E-state index in [2.05, 4.69) is 22.5 Å². The van der Waals surface area contributed by atoms with Crippen LogP contribution in [-0.4, -0.2) is 15.8 Å². The van der Waals surface area contributed by atoms with Gasteiger partial charge in [-0.2, -0.15) is 0 Å². The number of fused-ring (bicyclic) bond motifs is 1. The number of thiophene rings is 1. The van der Waals surface area contributed by atoms with Gasteiger partial charge in [0.1, 0.15) is 17.2 Å². The summed E-state index contributed by atoms with van der Waals surface area (Å²) in [7, 11) is 1.87. The van der Waals surface area contributed by atoms with Gasteiger partial charge in [-0.05, 0) is 13.0 Å². The average Bonchev–Trinajstić information content (AvgIpc) is 2.92. The maximum atomic E-state index is 11.2. The zero-order chi connectivity index (χ0) is 12.7. The van der Waals surface area contributed by atoms with Crippen molar-refractivity contribution in [1.82, 2.24) is 9.55 Å². The largest absolute Gasteiger partial charge is 0.329 e. The molecule has 1 aromatic carbocycles. The first-order chi connectivity index (χ1) is 8.72. The van der Waals surface area contributed by atoms with E-state index in [1.165, 1.54) is 4.70 Å². The van der Waals surface area contributed by atoms with E-state index >= 15 is 0 Å². The molecule has 0 bridgehead atoms. The molecule has 0 saturated carbocycles. The molecule has 0 spiro atoms. The molecule has 4 heteroatoms. The molecule has 0 saturated heterocycles. The molecule has 18 heavy (non-hydrogen) atoms. The monoisotopic (exact) mass is 256 g/mol. The highest BCUT2D eigenvalue weighted by molar-refractivity contribution is 7.17. The van der Waals surface area contributed by atoms with Crippen LogP contribution in [0.15, 0.2) is 29.6 Å². The van der Waals surface area contributed by atoms with Crippen LogP contribution in [0.4, 0.5) is 0 Å². The highest BCUT2D eigenvalue weighted by atomic mass is 32.1. The zero-order valence-corrected chi connectivity index (χ0v) is 11.0. The van der Waals surface area contributed by atoms with Gasteiger partial charge in [0, 0.05) is 28.1 Å². The minimum Gasteiger partial charge on any atom is -0.329 e. The van der Waals surface area contributed by atoms with Gasteiger partial charge in [0.25, 0.3) is 0 Å². The fourth-order valence-electron chi connectivity index (χ4n) is 2.12. The van der Waals surface area contributed by atoms with Crippen molar-refractivity contribution in [3.63, 3.8) is 0 Å². The minimum absolute atomic E-state index is 0.635. The summed E-state index contributed by atoms with van der Waals surface area (Å²) in [5, 5.41) is 3.23. The summed E-state index contributed by atoms with van der Waals surface area (Å²) in [5.41, 5.74) is 2.46. The molecule has 3 nitrogen and oxygen atoms in total. The minimum atomic E-state index is 0.635. The number of aromatic nitrogens is 2. The Balaban J connectivity index is 2.33. The SMILES string of the molecule is Cc1nc(-c2csc3ccccc23)c(C=O)n1C. The van der Waals surface area contributed by atoms with Crippen LogP contribution < -0.4 is 0 Å². The maximum absolute atomic E-state index is 11.2. The normalized spacial score (nSPS) is 11.0. The number of aldehydes is 1. The van der Waals surface area contributed by atoms with Crippen molar-refractivity contribution in [3.05, 3.63) is 41.2 Å². The van der Waals surface area contributed by atoms with Crippen molar-refractivity contribution in [2.45, 2.75) is 6.92 Å². The van der Waals surface area contributed by atoms with E-state index in [0.717, 1.165) is 28.8 Å². The smallest absolute Gasteiger partial charge is 0.168 e. The lowest BCUT2D eigenvalue weighted by atomic mass is 10.1. The molecule has 0 amide bonds. The third kappa shape index (κ3) is 1.49. The molecule has 0 atom stereocenters.